The van der Waals surface area contributed by atoms with Crippen LogP contribution in [0.1, 0.15) is 12.6 Å². The SMILES string of the molecule is CCc1c(N)nnn1-c1cc(OC)ccc1Br. The second kappa shape index (κ2) is 4.75. The Morgan fingerprint density at radius 1 is 1.47 bits per heavy atom. The molecule has 0 aliphatic carbocycles. The largest absolute Gasteiger partial charge is 0.497 e. The molecule has 17 heavy (non-hydrogen) atoms. The Labute approximate surface area is 108 Å². The smallest absolute Gasteiger partial charge is 0.169 e. The molecule has 0 spiro atoms. The molecule has 1 aromatic carbocycles. The van der Waals surface area contributed by atoms with Gasteiger partial charge in [-0.25, -0.2) is 4.68 Å². The van der Waals surface area contributed by atoms with Crippen LogP contribution in [0.15, 0.2) is 22.7 Å². The monoisotopic (exact) mass is 296 g/mol. The molecule has 0 aliphatic heterocycles. The minimum atomic E-state index is 0.460. The Kier molecular flexibility index (Phi) is 3.33. The molecule has 2 aromatic rings. The molecular weight excluding hydrogens is 284 g/mol. The summed E-state index contributed by atoms with van der Waals surface area (Å²) in [6.07, 6.45) is 0.766. The first-order valence-corrected chi connectivity index (χ1v) is 6.00. The van der Waals surface area contributed by atoms with E-state index >= 15 is 0 Å². The predicted molar refractivity (Wildman–Crippen MR) is 69.4 cm³/mol. The van der Waals surface area contributed by atoms with Crippen LogP contribution < -0.4 is 10.5 Å². The highest BCUT2D eigenvalue weighted by molar-refractivity contribution is 9.10. The van der Waals surface area contributed by atoms with E-state index in [1.165, 1.54) is 0 Å². The third-order valence-corrected chi connectivity index (χ3v) is 3.18. The van der Waals surface area contributed by atoms with E-state index in [1.807, 2.05) is 25.1 Å². The number of halogens is 1. The molecule has 0 unspecified atom stereocenters. The molecule has 90 valence electrons. The number of methoxy groups -OCH3 is 1. The van der Waals surface area contributed by atoms with Crippen LogP contribution >= 0.6 is 15.9 Å². The summed E-state index contributed by atoms with van der Waals surface area (Å²) in [6.45, 7) is 2.01. The van der Waals surface area contributed by atoms with Gasteiger partial charge in [0.05, 0.1) is 18.5 Å². The number of aromatic nitrogens is 3. The standard InChI is InChI=1S/C11H13BrN4O/c1-3-9-11(13)14-15-16(9)10-6-7(17-2)4-5-8(10)12/h4-6H,3,13H2,1-2H3. The molecule has 0 saturated heterocycles. The van der Waals surface area contributed by atoms with Gasteiger partial charge in [0.2, 0.25) is 0 Å². The first-order valence-electron chi connectivity index (χ1n) is 5.21. The van der Waals surface area contributed by atoms with Crippen molar-refractivity contribution in [2.45, 2.75) is 13.3 Å². The third kappa shape index (κ3) is 2.12. The van der Waals surface area contributed by atoms with E-state index < -0.39 is 0 Å². The predicted octanol–water partition coefficient (Wildman–Crippen LogP) is 2.18. The van der Waals surface area contributed by atoms with Crippen molar-refractivity contribution in [2.24, 2.45) is 0 Å². The number of anilines is 1. The minimum Gasteiger partial charge on any atom is -0.497 e. The van der Waals surface area contributed by atoms with Gasteiger partial charge in [-0.05, 0) is 34.5 Å². The molecule has 0 saturated carbocycles. The molecule has 0 bridgehead atoms. The van der Waals surface area contributed by atoms with Crippen LogP contribution in [0.5, 0.6) is 5.75 Å². The van der Waals surface area contributed by atoms with Crippen molar-refractivity contribution in [1.82, 2.24) is 15.0 Å². The number of nitrogens with two attached hydrogens (primary N) is 1. The van der Waals surface area contributed by atoms with Crippen molar-refractivity contribution in [3.8, 4) is 11.4 Å². The zero-order valence-corrected chi connectivity index (χ0v) is 11.2. The summed E-state index contributed by atoms with van der Waals surface area (Å²) in [4.78, 5) is 0. The van der Waals surface area contributed by atoms with Gasteiger partial charge in [0.1, 0.15) is 5.75 Å². The average molecular weight is 297 g/mol. The van der Waals surface area contributed by atoms with Gasteiger partial charge in [0, 0.05) is 10.5 Å². The van der Waals surface area contributed by atoms with Gasteiger partial charge >= 0.3 is 0 Å². The van der Waals surface area contributed by atoms with Crippen molar-refractivity contribution >= 4 is 21.7 Å². The van der Waals surface area contributed by atoms with Crippen LogP contribution in [0.3, 0.4) is 0 Å². The van der Waals surface area contributed by atoms with E-state index in [2.05, 4.69) is 26.2 Å². The van der Waals surface area contributed by atoms with Crippen LogP contribution in [0.25, 0.3) is 5.69 Å². The van der Waals surface area contributed by atoms with Gasteiger partial charge in [-0.3, -0.25) is 0 Å². The average Bonchev–Trinajstić information content (AvgIpc) is 2.71. The van der Waals surface area contributed by atoms with Crippen LogP contribution in [-0.4, -0.2) is 22.1 Å². The number of rotatable bonds is 3. The summed E-state index contributed by atoms with van der Waals surface area (Å²) >= 11 is 3.48. The van der Waals surface area contributed by atoms with Crippen molar-refractivity contribution in [3.63, 3.8) is 0 Å². The molecule has 0 atom stereocenters. The Hall–Kier alpha value is -1.56. The fraction of sp³-hybridized carbons (Fsp3) is 0.273. The molecule has 0 aliphatic rings. The van der Waals surface area contributed by atoms with E-state index in [9.17, 15) is 0 Å². The highest BCUT2D eigenvalue weighted by Gasteiger charge is 2.13. The fourth-order valence-corrected chi connectivity index (χ4v) is 2.03. The molecule has 2 rings (SSSR count). The number of benzene rings is 1. The van der Waals surface area contributed by atoms with E-state index in [4.69, 9.17) is 10.5 Å². The normalized spacial score (nSPS) is 10.5. The van der Waals surface area contributed by atoms with Crippen molar-refractivity contribution in [1.29, 1.82) is 0 Å². The molecule has 0 fully saturated rings. The minimum absolute atomic E-state index is 0.460. The van der Waals surface area contributed by atoms with Gasteiger partial charge in [-0.2, -0.15) is 0 Å². The lowest BCUT2D eigenvalue weighted by atomic mass is 10.2. The summed E-state index contributed by atoms with van der Waals surface area (Å²) in [5.74, 6) is 1.22. The van der Waals surface area contributed by atoms with Crippen LogP contribution in [0.4, 0.5) is 5.82 Å². The van der Waals surface area contributed by atoms with Gasteiger partial charge < -0.3 is 10.5 Å². The Balaban J connectivity index is 2.59. The maximum Gasteiger partial charge on any atom is 0.169 e. The lowest BCUT2D eigenvalue weighted by molar-refractivity contribution is 0.414. The summed E-state index contributed by atoms with van der Waals surface area (Å²) < 4.78 is 7.84. The molecule has 2 N–H and O–H groups in total. The van der Waals surface area contributed by atoms with E-state index in [0.717, 1.165) is 28.0 Å². The molecule has 1 heterocycles. The molecule has 0 amide bonds. The lowest BCUT2D eigenvalue weighted by Crippen LogP contribution is -2.04. The van der Waals surface area contributed by atoms with E-state index in [1.54, 1.807) is 11.8 Å². The summed E-state index contributed by atoms with van der Waals surface area (Å²) in [6, 6.07) is 5.67. The number of nitrogens with zero attached hydrogens (tertiary/aromatic N) is 3. The first kappa shape index (κ1) is 11.9. The van der Waals surface area contributed by atoms with Gasteiger partial charge in [-0.15, -0.1) is 5.10 Å². The summed E-state index contributed by atoms with van der Waals surface area (Å²) in [5, 5.41) is 7.94. The second-order valence-electron chi connectivity index (χ2n) is 3.50. The van der Waals surface area contributed by atoms with Gasteiger partial charge in [0.25, 0.3) is 0 Å². The van der Waals surface area contributed by atoms with Crippen LogP contribution in [0.2, 0.25) is 0 Å². The maximum atomic E-state index is 5.77. The lowest BCUT2D eigenvalue weighted by Gasteiger charge is -2.09. The van der Waals surface area contributed by atoms with E-state index in [-0.39, 0.29) is 0 Å². The summed E-state index contributed by atoms with van der Waals surface area (Å²) in [7, 11) is 1.63. The van der Waals surface area contributed by atoms with Gasteiger partial charge in [-0.1, -0.05) is 12.1 Å². The highest BCUT2D eigenvalue weighted by Crippen LogP contribution is 2.27. The maximum absolute atomic E-state index is 5.77. The van der Waals surface area contributed by atoms with Gasteiger partial charge in [0.15, 0.2) is 5.82 Å². The van der Waals surface area contributed by atoms with Crippen LogP contribution in [-0.2, 0) is 6.42 Å². The Morgan fingerprint density at radius 3 is 2.88 bits per heavy atom. The number of nitrogen functional groups attached to an aromatic ring is 1. The van der Waals surface area contributed by atoms with Crippen LogP contribution in [0, 0.1) is 0 Å². The number of hydrogen-bond acceptors (Lipinski definition) is 4. The molecule has 5 nitrogen and oxygen atoms in total. The summed E-state index contributed by atoms with van der Waals surface area (Å²) in [5.41, 5.74) is 7.52. The van der Waals surface area contributed by atoms with Crippen molar-refractivity contribution in [2.75, 3.05) is 12.8 Å². The Morgan fingerprint density at radius 2 is 2.24 bits per heavy atom. The highest BCUT2D eigenvalue weighted by atomic mass is 79.9. The quantitative estimate of drug-likeness (QED) is 0.943. The van der Waals surface area contributed by atoms with Crippen molar-refractivity contribution in [3.05, 3.63) is 28.4 Å². The molecule has 1 aromatic heterocycles. The topological polar surface area (TPSA) is 66.0 Å². The molecular formula is C11H13BrN4O. The zero-order chi connectivity index (χ0) is 12.4. The second-order valence-corrected chi connectivity index (χ2v) is 4.36. The first-order chi connectivity index (χ1) is 8.17. The Bertz CT molecular complexity index is 538. The number of hydrogen-bond donors (Lipinski definition) is 1. The zero-order valence-electron chi connectivity index (χ0n) is 9.64. The molecule has 0 radical (unpaired) electrons. The fourth-order valence-electron chi connectivity index (χ4n) is 1.62. The van der Waals surface area contributed by atoms with Crippen molar-refractivity contribution < 1.29 is 4.74 Å². The molecule has 6 heteroatoms. The third-order valence-electron chi connectivity index (χ3n) is 2.51. The number of ether oxygens (including phenoxy) is 1. The van der Waals surface area contributed by atoms with E-state index in [0.29, 0.717) is 5.82 Å².